The number of carbonyl (C=O) groups is 2. The minimum Gasteiger partial charge on any atom is -0.383 e. The van der Waals surface area contributed by atoms with E-state index in [2.05, 4.69) is 10.2 Å². The van der Waals surface area contributed by atoms with Gasteiger partial charge in [0.05, 0.1) is 6.61 Å². The second kappa shape index (κ2) is 13.3. The average Bonchev–Trinajstić information content (AvgIpc) is 2.93. The van der Waals surface area contributed by atoms with Crippen molar-refractivity contribution in [1.82, 2.24) is 15.1 Å². The molecule has 2 amide bonds. The van der Waals surface area contributed by atoms with Gasteiger partial charge in [-0.2, -0.15) is 0 Å². The number of amides is 2. The quantitative estimate of drug-likeness (QED) is 0.521. The van der Waals surface area contributed by atoms with Crippen molar-refractivity contribution in [1.29, 1.82) is 0 Å². The van der Waals surface area contributed by atoms with Gasteiger partial charge in [-0.25, -0.2) is 8.78 Å². The fourth-order valence-electron chi connectivity index (χ4n) is 5.51. The maximum Gasteiger partial charge on any atom is 0.254 e. The lowest BCUT2D eigenvalue weighted by Crippen LogP contribution is -2.58. The van der Waals surface area contributed by atoms with Crippen LogP contribution in [0.4, 0.5) is 8.78 Å². The van der Waals surface area contributed by atoms with Crippen molar-refractivity contribution >= 4 is 11.8 Å². The highest BCUT2D eigenvalue weighted by molar-refractivity contribution is 5.97. The van der Waals surface area contributed by atoms with E-state index < -0.39 is 11.9 Å². The normalized spacial score (nSPS) is 23.9. The topological polar surface area (TPSA) is 87.9 Å². The monoisotopic (exact) mass is 528 g/mol. The van der Waals surface area contributed by atoms with Gasteiger partial charge in [-0.3, -0.25) is 14.5 Å². The number of carbonyl (C=O) groups excluding carboxylic acids is 2. The standard InChI is InChI=1S/C29H38F2N4O3/c1-38-17-16-34(19-20-2-6-22(30)7-3-20)26-14-15-35(29(37)21-4-8-23(31)9-5-21)27(18-26)28(36)33-25-12-10-24(32)11-13-25/h2-9,24-27H,10-19,32H2,1H3,(H,33,36)/t24?,25?,26?,27-/m1/s1. The van der Waals surface area contributed by atoms with Crippen LogP contribution < -0.4 is 11.1 Å². The van der Waals surface area contributed by atoms with Gasteiger partial charge in [-0.05, 0) is 80.5 Å². The zero-order chi connectivity index (χ0) is 27.1. The van der Waals surface area contributed by atoms with E-state index in [0.29, 0.717) is 44.6 Å². The van der Waals surface area contributed by atoms with Crippen molar-refractivity contribution in [2.45, 2.75) is 69.2 Å². The Morgan fingerprint density at radius 2 is 1.63 bits per heavy atom. The molecule has 1 unspecified atom stereocenters. The Bertz CT molecular complexity index is 1060. The van der Waals surface area contributed by atoms with Gasteiger partial charge in [-0.1, -0.05) is 12.1 Å². The van der Waals surface area contributed by atoms with Gasteiger partial charge < -0.3 is 20.7 Å². The molecule has 0 spiro atoms. The van der Waals surface area contributed by atoms with Crippen LogP contribution in [0.1, 0.15) is 54.4 Å². The molecule has 2 aliphatic rings. The van der Waals surface area contributed by atoms with E-state index in [-0.39, 0.29) is 35.8 Å². The molecule has 3 N–H and O–H groups in total. The van der Waals surface area contributed by atoms with Crippen LogP contribution in [0.5, 0.6) is 0 Å². The van der Waals surface area contributed by atoms with Gasteiger partial charge in [0.25, 0.3) is 5.91 Å². The zero-order valence-corrected chi connectivity index (χ0v) is 22.0. The average molecular weight is 529 g/mol. The molecule has 4 rings (SSSR count). The third kappa shape index (κ3) is 7.36. The van der Waals surface area contributed by atoms with Crippen molar-refractivity contribution < 1.29 is 23.1 Å². The summed E-state index contributed by atoms with van der Waals surface area (Å²) in [4.78, 5) is 31.0. The summed E-state index contributed by atoms with van der Waals surface area (Å²) in [6.45, 7) is 2.12. The Hall–Kier alpha value is -2.88. The van der Waals surface area contributed by atoms with Crippen LogP contribution >= 0.6 is 0 Å². The summed E-state index contributed by atoms with van der Waals surface area (Å²) in [5.74, 6) is -1.15. The number of ether oxygens (including phenoxy) is 1. The van der Waals surface area contributed by atoms with E-state index in [1.165, 1.54) is 36.4 Å². The third-order valence-corrected chi connectivity index (χ3v) is 7.75. The van der Waals surface area contributed by atoms with Crippen LogP contribution in [0.2, 0.25) is 0 Å². The Morgan fingerprint density at radius 1 is 1.00 bits per heavy atom. The molecule has 1 saturated heterocycles. The number of likely N-dealkylation sites (tertiary alicyclic amines) is 1. The van der Waals surface area contributed by atoms with Gasteiger partial charge in [0.2, 0.25) is 5.91 Å². The van der Waals surface area contributed by atoms with Gasteiger partial charge in [0.15, 0.2) is 0 Å². The molecule has 2 aromatic rings. The third-order valence-electron chi connectivity index (χ3n) is 7.75. The smallest absolute Gasteiger partial charge is 0.254 e. The number of rotatable bonds is 9. The first kappa shape index (κ1) is 28.1. The molecular formula is C29H38F2N4O3. The van der Waals surface area contributed by atoms with Crippen molar-refractivity contribution in [3.63, 3.8) is 0 Å². The molecule has 2 aromatic carbocycles. The van der Waals surface area contributed by atoms with Gasteiger partial charge in [0, 0.05) is 50.4 Å². The highest BCUT2D eigenvalue weighted by Gasteiger charge is 2.39. The van der Waals surface area contributed by atoms with Crippen molar-refractivity contribution in [3.05, 3.63) is 71.3 Å². The molecule has 0 radical (unpaired) electrons. The number of piperidine rings is 1. The first-order chi connectivity index (χ1) is 18.3. The zero-order valence-electron chi connectivity index (χ0n) is 22.0. The van der Waals surface area contributed by atoms with E-state index in [1.54, 1.807) is 24.1 Å². The van der Waals surface area contributed by atoms with Gasteiger partial charge in [-0.15, -0.1) is 0 Å². The molecule has 9 heteroatoms. The first-order valence-corrected chi connectivity index (χ1v) is 13.4. The fraction of sp³-hybridized carbons (Fsp3) is 0.517. The maximum absolute atomic E-state index is 13.6. The van der Waals surface area contributed by atoms with Gasteiger partial charge in [0.1, 0.15) is 17.7 Å². The highest BCUT2D eigenvalue weighted by atomic mass is 19.1. The molecule has 1 aliphatic carbocycles. The second-order valence-corrected chi connectivity index (χ2v) is 10.4. The number of nitrogens with one attached hydrogen (secondary N) is 1. The van der Waals surface area contributed by atoms with E-state index in [0.717, 1.165) is 31.2 Å². The molecule has 1 saturated carbocycles. The highest BCUT2D eigenvalue weighted by Crippen LogP contribution is 2.27. The second-order valence-electron chi connectivity index (χ2n) is 10.4. The van der Waals surface area contributed by atoms with E-state index >= 15 is 0 Å². The van der Waals surface area contributed by atoms with Crippen LogP contribution in [0, 0.1) is 11.6 Å². The summed E-state index contributed by atoms with van der Waals surface area (Å²) in [6.07, 6.45) is 4.48. The number of halogens is 2. The Labute approximate surface area is 223 Å². The minimum absolute atomic E-state index is 0.0167. The summed E-state index contributed by atoms with van der Waals surface area (Å²) in [5, 5.41) is 3.18. The largest absolute Gasteiger partial charge is 0.383 e. The summed E-state index contributed by atoms with van der Waals surface area (Å²) in [7, 11) is 1.65. The molecule has 0 bridgehead atoms. The summed E-state index contributed by atoms with van der Waals surface area (Å²) >= 11 is 0. The molecule has 38 heavy (non-hydrogen) atoms. The van der Waals surface area contributed by atoms with E-state index in [9.17, 15) is 18.4 Å². The van der Waals surface area contributed by atoms with Crippen molar-refractivity contribution in [2.24, 2.45) is 5.73 Å². The van der Waals surface area contributed by atoms with E-state index in [4.69, 9.17) is 10.5 Å². The molecule has 0 aromatic heterocycles. The van der Waals surface area contributed by atoms with Crippen molar-refractivity contribution in [2.75, 3.05) is 26.8 Å². The van der Waals surface area contributed by atoms with Crippen molar-refractivity contribution in [3.8, 4) is 0 Å². The fourth-order valence-corrected chi connectivity index (χ4v) is 5.51. The van der Waals surface area contributed by atoms with Crippen LogP contribution in [0.15, 0.2) is 48.5 Å². The number of hydrogen-bond donors (Lipinski definition) is 2. The van der Waals surface area contributed by atoms with Crippen LogP contribution in [-0.4, -0.2) is 72.6 Å². The number of methoxy groups -OCH3 is 1. The Morgan fingerprint density at radius 3 is 2.26 bits per heavy atom. The lowest BCUT2D eigenvalue weighted by molar-refractivity contribution is -0.128. The Kier molecular flexibility index (Phi) is 9.82. The molecular weight excluding hydrogens is 490 g/mol. The minimum atomic E-state index is -0.667. The SMILES string of the molecule is COCCN(Cc1ccc(F)cc1)C1CCN(C(=O)c2ccc(F)cc2)[C@@H](C(=O)NC2CCC(N)CC2)C1. The molecule has 1 heterocycles. The predicted molar refractivity (Wildman–Crippen MR) is 141 cm³/mol. The van der Waals surface area contributed by atoms with Crippen LogP contribution in [0.3, 0.4) is 0 Å². The van der Waals surface area contributed by atoms with E-state index in [1.807, 2.05) is 0 Å². The number of hydrogen-bond acceptors (Lipinski definition) is 5. The van der Waals surface area contributed by atoms with Crippen LogP contribution in [-0.2, 0) is 16.1 Å². The summed E-state index contributed by atoms with van der Waals surface area (Å²) in [5.41, 5.74) is 7.36. The Balaban J connectivity index is 1.54. The molecule has 206 valence electrons. The predicted octanol–water partition coefficient (Wildman–Crippen LogP) is 3.47. The molecule has 7 nitrogen and oxygen atoms in total. The number of nitrogens with zero attached hydrogens (tertiary/aromatic N) is 2. The lowest BCUT2D eigenvalue weighted by Gasteiger charge is -2.43. The number of nitrogens with two attached hydrogens (primary N) is 1. The molecule has 2 fully saturated rings. The molecule has 2 atom stereocenters. The maximum atomic E-state index is 13.6. The molecule has 1 aliphatic heterocycles. The first-order valence-electron chi connectivity index (χ1n) is 13.4. The summed E-state index contributed by atoms with van der Waals surface area (Å²) < 4.78 is 32.3. The van der Waals surface area contributed by atoms with Crippen LogP contribution in [0.25, 0.3) is 0 Å². The lowest BCUT2D eigenvalue weighted by atomic mass is 9.90. The van der Waals surface area contributed by atoms with Gasteiger partial charge >= 0.3 is 0 Å². The summed E-state index contributed by atoms with van der Waals surface area (Å²) in [6, 6.07) is 11.4. The number of benzene rings is 2.